The molecule has 0 spiro atoms. The fourth-order valence-corrected chi connectivity index (χ4v) is 13.6. The Balaban J connectivity index is 0.000000681. The van der Waals surface area contributed by atoms with Crippen molar-refractivity contribution in [3.05, 3.63) is 137 Å². The summed E-state index contributed by atoms with van der Waals surface area (Å²) < 4.78 is 20.8. The SMILES string of the molecule is C.C.C=C(CO)C(=O)OCC.CCCC(CN)CC(=O)OCC.CCCC1CC(=O)N(CC(C=O)C(=O)OCC)C1.CCCC1CC(=O)N(CC(CO)C(=O)OCC)C1.CCCC1CC(=O)N(CC2C=NN(Cc3ccccc3)C2=O)C1.CCCC1CC(=O)N(Cc2cnn(Cc3ccccc3)c2Cl)C1.NNCc1ccccc1. The fraction of sp³-hybridized carbons (Fsp3) is 0.605. The fourth-order valence-electron chi connectivity index (χ4n) is 13.4. The standard InChI is InChI=1S/C18H22ClN3O.C18H23N3O2.C13H23NO4.C13H21NO4.C9H19NO2.C7H10N2.C6H10O3.2CH4/c1-2-6-15-9-17(23)21(11-15)13-16-10-20-22(18(16)19)12-14-7-4-3-5-8-14;1-2-6-15-9-17(22)20(11-15)13-16-10-19-21(18(16)23)12-14-7-4-3-5-8-14;2*1-3-5-10-6-12(16)14(7-10)8-11(9-15)13(17)18-4-2;1-3-5-8(7-10)6-9(11)12-4-2;8-9-6-7-4-2-1-3-5-7;1-3-9-6(8)5(2)4-7;;/h3-5,7-8,10,15H,2,6,9,11-13H2,1H3;3-5,7-8,10,15-16H,2,6,9,11-13H2,1H3;10-11,15H,3-9H2,1-2H3;9-11H,3-8H2,1-2H3;8H,3-7,10H2,1-2H3;1-5,9H,6,8H2;7H,2-4H2,1H3;2*1H4. The van der Waals surface area contributed by atoms with Gasteiger partial charge in [-0.15, -0.1) is 0 Å². The number of amides is 5. The summed E-state index contributed by atoms with van der Waals surface area (Å²) in [6, 6.07) is 30.0. The lowest BCUT2D eigenvalue weighted by molar-refractivity contribution is -0.152. The molecule has 0 saturated carbocycles. The van der Waals surface area contributed by atoms with E-state index in [2.05, 4.69) is 73.7 Å². The number of nitrogens with one attached hydrogen (secondary N) is 1. The van der Waals surface area contributed by atoms with E-state index in [1.807, 2.05) is 95.6 Å². The molecule has 8 atom stereocenters. The number of nitrogens with two attached hydrogens (primary N) is 2. The minimum atomic E-state index is -0.853. The highest BCUT2D eigenvalue weighted by molar-refractivity contribution is 6.30. The number of hydrogen-bond donors (Lipinski definition) is 5. The lowest BCUT2D eigenvalue weighted by Crippen LogP contribution is -2.37. The predicted octanol–water partition coefficient (Wildman–Crippen LogP) is 11.2. The number of aromatic nitrogens is 2. The minimum absolute atomic E-state index is 0. The van der Waals surface area contributed by atoms with Crippen LogP contribution in [0.1, 0.15) is 196 Å². The van der Waals surface area contributed by atoms with Gasteiger partial charge in [0.05, 0.1) is 82.9 Å². The molecule has 0 radical (unpaired) electrons. The molecule has 5 amide bonds. The van der Waals surface area contributed by atoms with Gasteiger partial charge in [-0.05, 0) is 113 Å². The van der Waals surface area contributed by atoms with E-state index < -0.39 is 29.7 Å². The lowest BCUT2D eigenvalue weighted by Gasteiger charge is -2.21. The van der Waals surface area contributed by atoms with Gasteiger partial charge in [0.15, 0.2) is 0 Å². The maximum atomic E-state index is 12.5. The van der Waals surface area contributed by atoms with Gasteiger partial charge in [0.2, 0.25) is 23.6 Å². The summed E-state index contributed by atoms with van der Waals surface area (Å²) in [7, 11) is 0. The zero-order chi connectivity index (χ0) is 82.8. The van der Waals surface area contributed by atoms with Crippen molar-refractivity contribution in [2.75, 3.05) is 92.0 Å². The molecule has 0 aliphatic carbocycles. The number of benzene rings is 3. The maximum Gasteiger partial charge on any atom is 0.335 e. The molecule has 5 aliphatic heterocycles. The van der Waals surface area contributed by atoms with Crippen molar-refractivity contribution >= 4 is 77.5 Å². The first kappa shape index (κ1) is 103. The molecule has 6 heterocycles. The van der Waals surface area contributed by atoms with Gasteiger partial charge in [0.1, 0.15) is 17.4 Å². The normalized spacial score (nSPS) is 17.9. The van der Waals surface area contributed by atoms with Crippen LogP contribution in [-0.2, 0) is 93.1 Å². The van der Waals surface area contributed by atoms with Gasteiger partial charge in [-0.25, -0.2) is 14.5 Å². The number of hydrogen-bond acceptors (Lipinski definition) is 21. The van der Waals surface area contributed by atoms with Crippen LogP contribution in [0, 0.1) is 47.3 Å². The van der Waals surface area contributed by atoms with E-state index in [9.17, 15) is 53.1 Å². The third kappa shape index (κ3) is 38.6. The first-order valence-electron chi connectivity index (χ1n) is 39.9. The number of esters is 4. The summed E-state index contributed by atoms with van der Waals surface area (Å²) in [5, 5.41) is 28.3. The molecule has 4 aromatic rings. The van der Waals surface area contributed by atoms with Crippen molar-refractivity contribution in [2.45, 2.75) is 200 Å². The molecule has 7 N–H and O–H groups in total. The summed E-state index contributed by atoms with van der Waals surface area (Å²) in [5.41, 5.74) is 12.5. The van der Waals surface area contributed by atoms with Crippen LogP contribution in [0.4, 0.5) is 0 Å². The summed E-state index contributed by atoms with van der Waals surface area (Å²) >= 11 is 6.46. The Morgan fingerprint density at radius 3 is 1.49 bits per heavy atom. The second kappa shape index (κ2) is 59.9. The average Bonchev–Trinajstić information content (AvgIpc) is 1.70. The van der Waals surface area contributed by atoms with E-state index in [4.69, 9.17) is 42.5 Å². The maximum absolute atomic E-state index is 12.5. The van der Waals surface area contributed by atoms with Gasteiger partial charge in [-0.1, -0.05) is 191 Å². The first-order valence-corrected chi connectivity index (χ1v) is 40.3. The van der Waals surface area contributed by atoms with Gasteiger partial charge >= 0.3 is 23.9 Å². The van der Waals surface area contributed by atoms with E-state index in [0.29, 0.717) is 139 Å². The molecule has 28 heteroatoms. The molecule has 3 aromatic carbocycles. The number of carbonyl (C=O) groups is 10. The number of hydrazine groups is 1. The third-order valence-electron chi connectivity index (χ3n) is 19.0. The highest BCUT2D eigenvalue weighted by Gasteiger charge is 2.37. The van der Waals surface area contributed by atoms with Gasteiger partial charge < -0.3 is 59.3 Å². The minimum Gasteiger partial charge on any atom is -0.466 e. The van der Waals surface area contributed by atoms with Crippen molar-refractivity contribution in [1.82, 2.24) is 39.8 Å². The number of rotatable bonds is 37. The number of halogens is 1. The predicted molar refractivity (Wildman–Crippen MR) is 445 cm³/mol. The van der Waals surface area contributed by atoms with E-state index in [0.717, 1.165) is 101 Å². The summed E-state index contributed by atoms with van der Waals surface area (Å²) in [6.45, 7) is 28.3. The highest BCUT2D eigenvalue weighted by Crippen LogP contribution is 2.29. The quantitative estimate of drug-likeness (QED) is 0.00532. The van der Waals surface area contributed by atoms with Crippen LogP contribution in [0.2, 0.25) is 5.15 Å². The number of hydrazone groups is 1. The number of aldehydes is 1. The summed E-state index contributed by atoms with van der Waals surface area (Å²) in [6.07, 6.45) is 17.5. The van der Waals surface area contributed by atoms with Crippen LogP contribution < -0.4 is 17.0 Å². The average molecular weight is 1620 g/mol. The van der Waals surface area contributed by atoms with E-state index in [1.165, 1.54) is 10.6 Å². The molecule has 5 aliphatic rings. The second-order valence-electron chi connectivity index (χ2n) is 28.3. The van der Waals surface area contributed by atoms with Crippen molar-refractivity contribution < 1.29 is 77.1 Å². The Morgan fingerprint density at radius 1 is 0.596 bits per heavy atom. The molecular formula is C86H136ClN11O16. The largest absolute Gasteiger partial charge is 0.466 e. The van der Waals surface area contributed by atoms with Crippen molar-refractivity contribution in [2.24, 2.45) is 64.0 Å². The van der Waals surface area contributed by atoms with Gasteiger partial charge in [0, 0.05) is 96.2 Å². The molecule has 114 heavy (non-hydrogen) atoms. The Kier molecular flexibility index (Phi) is 54.3. The number of aliphatic hydroxyl groups is 2. The molecule has 9 rings (SSSR count). The zero-order valence-electron chi connectivity index (χ0n) is 67.8. The third-order valence-corrected chi connectivity index (χ3v) is 19.5. The summed E-state index contributed by atoms with van der Waals surface area (Å²) in [4.78, 5) is 123. The molecule has 8 unspecified atom stereocenters. The smallest absolute Gasteiger partial charge is 0.335 e. The highest BCUT2D eigenvalue weighted by atomic mass is 35.5. The first-order chi connectivity index (χ1) is 54.0. The molecule has 638 valence electrons. The zero-order valence-corrected chi connectivity index (χ0v) is 68.5. The molecule has 4 fully saturated rings. The molecule has 0 bridgehead atoms. The topological polar surface area (TPSA) is 359 Å². The van der Waals surface area contributed by atoms with Crippen LogP contribution in [0.3, 0.4) is 0 Å². The van der Waals surface area contributed by atoms with Crippen LogP contribution in [0.25, 0.3) is 0 Å². The Morgan fingerprint density at radius 2 is 1.04 bits per heavy atom. The van der Waals surface area contributed by atoms with Crippen molar-refractivity contribution in [3.63, 3.8) is 0 Å². The second-order valence-corrected chi connectivity index (χ2v) is 28.7. The Bertz CT molecular complexity index is 3460. The lowest BCUT2D eigenvalue weighted by atomic mass is 10.0. The Labute approximate surface area is 683 Å². The van der Waals surface area contributed by atoms with Crippen molar-refractivity contribution in [3.8, 4) is 0 Å². The van der Waals surface area contributed by atoms with Crippen LogP contribution in [0.5, 0.6) is 0 Å². The number of nitrogens with zero attached hydrogens (tertiary/aromatic N) is 8. The van der Waals surface area contributed by atoms with E-state index >= 15 is 0 Å². The monoisotopic (exact) mass is 1610 g/mol. The Hall–Kier alpha value is -8.73. The van der Waals surface area contributed by atoms with Crippen molar-refractivity contribution in [1.29, 1.82) is 0 Å². The van der Waals surface area contributed by atoms with Gasteiger partial charge in [-0.2, -0.15) is 10.2 Å². The summed E-state index contributed by atoms with van der Waals surface area (Å²) in [5.74, 6) is 4.21. The van der Waals surface area contributed by atoms with Gasteiger partial charge in [0.25, 0.3) is 5.91 Å². The number of likely N-dealkylation sites (tertiary alicyclic amines) is 4. The molecule has 4 saturated heterocycles. The molecule has 1 aromatic heterocycles. The molecule has 27 nitrogen and oxygen atoms in total. The van der Waals surface area contributed by atoms with Crippen LogP contribution >= 0.6 is 11.6 Å². The van der Waals surface area contributed by atoms with Crippen LogP contribution in [0.15, 0.2) is 114 Å². The number of ether oxygens (including phenoxy) is 4. The van der Waals surface area contributed by atoms with Gasteiger partial charge in [-0.3, -0.25) is 49.6 Å². The number of carbonyl (C=O) groups excluding carboxylic acids is 10. The van der Waals surface area contributed by atoms with E-state index in [-0.39, 0.29) is 94.8 Å². The van der Waals surface area contributed by atoms with Crippen LogP contribution in [-0.4, -0.2) is 203 Å². The molecular weight excluding hydrogens is 1480 g/mol. The van der Waals surface area contributed by atoms with E-state index in [1.54, 1.807) is 47.7 Å². The number of aliphatic hydroxyl groups excluding tert-OH is 2.